The van der Waals surface area contributed by atoms with Crippen molar-refractivity contribution in [3.8, 4) is 6.07 Å². The van der Waals surface area contributed by atoms with E-state index < -0.39 is 0 Å². The Bertz CT molecular complexity index is 926. The number of nitrogens with one attached hydrogen (secondary N) is 1. The van der Waals surface area contributed by atoms with Gasteiger partial charge < -0.3 is 15.1 Å². The molecule has 0 saturated carbocycles. The van der Waals surface area contributed by atoms with Crippen molar-refractivity contribution in [2.45, 2.75) is 46.6 Å². The van der Waals surface area contributed by atoms with Gasteiger partial charge in [0.2, 0.25) is 11.9 Å². The molecule has 1 saturated heterocycles. The lowest BCUT2D eigenvalue weighted by molar-refractivity contribution is 0.413. The van der Waals surface area contributed by atoms with Gasteiger partial charge in [-0.15, -0.1) is 0 Å². The van der Waals surface area contributed by atoms with Crippen LogP contribution in [0.4, 0.5) is 11.9 Å². The fourth-order valence-corrected chi connectivity index (χ4v) is 3.84. The fraction of sp³-hybridized carbons (Fsp3) is 0.565. The van der Waals surface area contributed by atoms with Crippen LogP contribution in [0.1, 0.15) is 49.7 Å². The van der Waals surface area contributed by atoms with Crippen LogP contribution in [0.15, 0.2) is 18.2 Å². The molecule has 30 heavy (non-hydrogen) atoms. The fourth-order valence-electron chi connectivity index (χ4n) is 3.84. The van der Waals surface area contributed by atoms with Gasteiger partial charge in [-0.1, -0.05) is 26.8 Å². The summed E-state index contributed by atoms with van der Waals surface area (Å²) in [5, 5.41) is 12.8. The molecule has 2 heterocycles. The first-order valence-electron chi connectivity index (χ1n) is 10.5. The van der Waals surface area contributed by atoms with E-state index >= 15 is 0 Å². The standard InChI is InChI=1S/C23H33N7/c1-16-7-8-17(13-24)11-18(16)12-20-26-21(25-19-9-10-29(5)14-19)28-22(27-20)30(6)15-23(2,3)4/h7-8,11,19H,9-10,12,14-15H2,1-6H3,(H,25,26,27,28). The number of likely N-dealkylation sites (tertiary alicyclic amines) is 1. The predicted octanol–water partition coefficient (Wildman–Crippen LogP) is 3.24. The number of hydrogen-bond donors (Lipinski definition) is 1. The van der Waals surface area contributed by atoms with Crippen LogP contribution in [0.25, 0.3) is 0 Å². The number of nitriles is 1. The Labute approximate surface area is 180 Å². The van der Waals surface area contributed by atoms with Crippen molar-refractivity contribution >= 4 is 11.9 Å². The number of aromatic nitrogens is 3. The van der Waals surface area contributed by atoms with E-state index in [2.05, 4.69) is 55.9 Å². The van der Waals surface area contributed by atoms with E-state index in [1.807, 2.05) is 25.2 Å². The number of hydrogen-bond acceptors (Lipinski definition) is 7. The summed E-state index contributed by atoms with van der Waals surface area (Å²) in [6.45, 7) is 11.6. The van der Waals surface area contributed by atoms with Gasteiger partial charge in [0, 0.05) is 32.6 Å². The zero-order valence-electron chi connectivity index (χ0n) is 19.0. The molecule has 0 radical (unpaired) electrons. The SMILES string of the molecule is Cc1ccc(C#N)cc1Cc1nc(NC2CCN(C)C2)nc(N(C)CC(C)(C)C)n1. The molecule has 1 N–H and O–H groups in total. The van der Waals surface area contributed by atoms with E-state index in [1.54, 1.807) is 0 Å². The molecule has 1 fully saturated rings. The highest BCUT2D eigenvalue weighted by molar-refractivity contribution is 5.41. The minimum absolute atomic E-state index is 0.126. The molecule has 2 aromatic rings. The lowest BCUT2D eigenvalue weighted by Gasteiger charge is -2.27. The Balaban J connectivity index is 1.91. The highest BCUT2D eigenvalue weighted by atomic mass is 15.3. The average molecular weight is 408 g/mol. The van der Waals surface area contributed by atoms with Crippen LogP contribution in [0.3, 0.4) is 0 Å². The van der Waals surface area contributed by atoms with Crippen LogP contribution < -0.4 is 10.2 Å². The minimum atomic E-state index is 0.126. The molecule has 1 aromatic carbocycles. The van der Waals surface area contributed by atoms with Crippen molar-refractivity contribution < 1.29 is 0 Å². The van der Waals surface area contributed by atoms with E-state index in [0.29, 0.717) is 35.7 Å². The van der Waals surface area contributed by atoms with Gasteiger partial charge in [-0.2, -0.15) is 20.2 Å². The first-order chi connectivity index (χ1) is 14.1. The van der Waals surface area contributed by atoms with Gasteiger partial charge in [0.25, 0.3) is 0 Å². The third kappa shape index (κ3) is 5.90. The van der Waals surface area contributed by atoms with Gasteiger partial charge in [-0.05, 0) is 55.6 Å². The van der Waals surface area contributed by atoms with Crippen LogP contribution in [-0.2, 0) is 6.42 Å². The van der Waals surface area contributed by atoms with E-state index in [1.165, 1.54) is 0 Å². The molecule has 1 aliphatic rings. The highest BCUT2D eigenvalue weighted by Crippen LogP contribution is 2.21. The lowest BCUT2D eigenvalue weighted by Crippen LogP contribution is -2.31. The molecule has 0 amide bonds. The normalized spacial score (nSPS) is 17.0. The molecule has 0 aliphatic carbocycles. The first kappa shape index (κ1) is 22.0. The van der Waals surface area contributed by atoms with Crippen LogP contribution >= 0.6 is 0 Å². The predicted molar refractivity (Wildman–Crippen MR) is 121 cm³/mol. The average Bonchev–Trinajstić information content (AvgIpc) is 3.06. The topological polar surface area (TPSA) is 81.0 Å². The summed E-state index contributed by atoms with van der Waals surface area (Å²) in [6, 6.07) is 8.32. The van der Waals surface area contributed by atoms with Gasteiger partial charge in [0.15, 0.2) is 0 Å². The molecule has 1 aliphatic heterocycles. The molecule has 160 valence electrons. The van der Waals surface area contributed by atoms with Crippen molar-refractivity contribution in [2.24, 2.45) is 5.41 Å². The molecule has 1 atom stereocenters. The summed E-state index contributed by atoms with van der Waals surface area (Å²) in [4.78, 5) is 18.6. The Morgan fingerprint density at radius 2 is 2.03 bits per heavy atom. The van der Waals surface area contributed by atoms with Gasteiger partial charge in [-0.3, -0.25) is 0 Å². The maximum Gasteiger partial charge on any atom is 0.230 e. The zero-order chi connectivity index (χ0) is 21.9. The number of benzene rings is 1. The summed E-state index contributed by atoms with van der Waals surface area (Å²) >= 11 is 0. The largest absolute Gasteiger partial charge is 0.350 e. The molecule has 1 aromatic heterocycles. The third-order valence-corrected chi connectivity index (χ3v) is 5.27. The molecule has 1 unspecified atom stereocenters. The second-order valence-corrected chi connectivity index (χ2v) is 9.61. The number of anilines is 2. The van der Waals surface area contributed by atoms with Crippen molar-refractivity contribution in [2.75, 3.05) is 43.9 Å². The third-order valence-electron chi connectivity index (χ3n) is 5.27. The van der Waals surface area contributed by atoms with Gasteiger partial charge in [0.1, 0.15) is 5.82 Å². The Hall–Kier alpha value is -2.72. The number of likely N-dealkylation sites (N-methyl/N-ethyl adjacent to an activating group) is 1. The van der Waals surface area contributed by atoms with Crippen molar-refractivity contribution in [1.82, 2.24) is 19.9 Å². The van der Waals surface area contributed by atoms with Crippen LogP contribution in [0.5, 0.6) is 0 Å². The summed E-state index contributed by atoms with van der Waals surface area (Å²) < 4.78 is 0. The smallest absolute Gasteiger partial charge is 0.230 e. The van der Waals surface area contributed by atoms with Gasteiger partial charge in [-0.25, -0.2) is 0 Å². The molecular weight excluding hydrogens is 374 g/mol. The van der Waals surface area contributed by atoms with Crippen LogP contribution in [-0.4, -0.2) is 59.6 Å². The summed E-state index contributed by atoms with van der Waals surface area (Å²) in [5.41, 5.74) is 2.98. The number of rotatable bonds is 6. The number of aryl methyl sites for hydroxylation is 1. The van der Waals surface area contributed by atoms with Crippen molar-refractivity contribution in [1.29, 1.82) is 5.26 Å². The van der Waals surface area contributed by atoms with Crippen LogP contribution in [0, 0.1) is 23.7 Å². The van der Waals surface area contributed by atoms with Crippen LogP contribution in [0.2, 0.25) is 0 Å². The Morgan fingerprint density at radius 1 is 1.27 bits per heavy atom. The van der Waals surface area contributed by atoms with Gasteiger partial charge >= 0.3 is 0 Å². The summed E-state index contributed by atoms with van der Waals surface area (Å²) in [7, 11) is 4.16. The maximum atomic E-state index is 9.26. The first-order valence-corrected chi connectivity index (χ1v) is 10.5. The zero-order valence-corrected chi connectivity index (χ0v) is 19.0. The second-order valence-electron chi connectivity index (χ2n) is 9.61. The summed E-state index contributed by atoms with van der Waals surface area (Å²) in [5.74, 6) is 2.02. The molecule has 0 bridgehead atoms. The second kappa shape index (κ2) is 8.97. The molecule has 0 spiro atoms. The Kier molecular flexibility index (Phi) is 6.57. The van der Waals surface area contributed by atoms with E-state index in [9.17, 15) is 5.26 Å². The quantitative estimate of drug-likeness (QED) is 0.787. The van der Waals surface area contributed by atoms with Gasteiger partial charge in [0.05, 0.1) is 11.6 Å². The van der Waals surface area contributed by atoms with E-state index in [4.69, 9.17) is 15.0 Å². The monoisotopic (exact) mass is 407 g/mol. The van der Waals surface area contributed by atoms with Crippen molar-refractivity contribution in [3.63, 3.8) is 0 Å². The molecule has 7 heteroatoms. The highest BCUT2D eigenvalue weighted by Gasteiger charge is 2.22. The minimum Gasteiger partial charge on any atom is -0.350 e. The maximum absolute atomic E-state index is 9.26. The Morgan fingerprint density at radius 3 is 2.67 bits per heavy atom. The molecule has 3 rings (SSSR count). The summed E-state index contributed by atoms with van der Waals surface area (Å²) in [6.07, 6.45) is 1.65. The van der Waals surface area contributed by atoms with E-state index in [0.717, 1.165) is 37.2 Å². The van der Waals surface area contributed by atoms with E-state index in [-0.39, 0.29) is 5.41 Å². The van der Waals surface area contributed by atoms with Crippen molar-refractivity contribution in [3.05, 3.63) is 40.7 Å². The lowest BCUT2D eigenvalue weighted by atomic mass is 9.96. The molecule has 7 nitrogen and oxygen atoms in total. The number of nitrogens with zero attached hydrogens (tertiary/aromatic N) is 6. The molecular formula is C23H33N7.